The molecule has 0 bridgehead atoms. The zero-order chi connectivity index (χ0) is 25.3. The van der Waals surface area contributed by atoms with Gasteiger partial charge in [0.25, 0.3) is 0 Å². The van der Waals surface area contributed by atoms with Crippen molar-refractivity contribution in [2.75, 3.05) is 6.26 Å². The van der Waals surface area contributed by atoms with E-state index in [4.69, 9.17) is 0 Å². The highest BCUT2D eigenvalue weighted by Gasteiger charge is 2.33. The molecule has 34 heavy (non-hydrogen) atoms. The van der Waals surface area contributed by atoms with Crippen molar-refractivity contribution in [2.45, 2.75) is 45.0 Å². The number of benzene rings is 2. The van der Waals surface area contributed by atoms with E-state index in [9.17, 15) is 18.7 Å². The Labute approximate surface area is 201 Å². The van der Waals surface area contributed by atoms with Crippen LogP contribution in [0.3, 0.4) is 0 Å². The molecule has 6 nitrogen and oxygen atoms in total. The third-order valence-corrected chi connectivity index (χ3v) is 8.48. The summed E-state index contributed by atoms with van der Waals surface area (Å²) in [6, 6.07) is 15.2. The van der Waals surface area contributed by atoms with Crippen LogP contribution in [-0.4, -0.2) is 35.6 Å². The van der Waals surface area contributed by atoms with Crippen LogP contribution < -0.4 is 5.48 Å². The molecule has 1 aromatic heterocycles. The Kier molecular flexibility index (Phi) is 7.03. The number of fused-ring (bicyclic) bond motifs is 1. The largest absolute Gasteiger partial charge is 0.386 e. The Balaban J connectivity index is 2.25. The number of nitrogens with one attached hydrogen (secondary N) is 1. The van der Waals surface area contributed by atoms with Gasteiger partial charge in [-0.3, -0.25) is 15.7 Å². The average Bonchev–Trinajstić information content (AvgIpc) is 2.76. The van der Waals surface area contributed by atoms with E-state index in [-0.39, 0.29) is 0 Å². The molecular formula is C27H32N2O4S. The van der Waals surface area contributed by atoms with Gasteiger partial charge in [0, 0.05) is 29.6 Å². The maximum Gasteiger partial charge on any atom is 0.156 e. The van der Waals surface area contributed by atoms with Gasteiger partial charge in [0.15, 0.2) is 9.84 Å². The van der Waals surface area contributed by atoms with Crippen LogP contribution in [0.1, 0.15) is 45.7 Å². The van der Waals surface area contributed by atoms with Crippen molar-refractivity contribution in [2.24, 2.45) is 0 Å². The predicted molar refractivity (Wildman–Crippen MR) is 138 cm³/mol. The van der Waals surface area contributed by atoms with E-state index in [0.29, 0.717) is 11.1 Å². The monoisotopic (exact) mass is 480 g/mol. The number of aliphatic hydroxyl groups is 1. The van der Waals surface area contributed by atoms with Gasteiger partial charge < -0.3 is 5.11 Å². The second kappa shape index (κ2) is 9.33. The second-order valence-electron chi connectivity index (χ2n) is 9.58. The quantitative estimate of drug-likeness (QED) is 0.317. The summed E-state index contributed by atoms with van der Waals surface area (Å²) in [5.74, 6) is 0. The van der Waals surface area contributed by atoms with Gasteiger partial charge in [-0.25, -0.2) is 8.42 Å². The first kappa shape index (κ1) is 25.6. The third kappa shape index (κ3) is 5.22. The summed E-state index contributed by atoms with van der Waals surface area (Å²) in [5.41, 5.74) is 6.39. The van der Waals surface area contributed by atoms with Crippen LogP contribution in [0.2, 0.25) is 0 Å². The summed E-state index contributed by atoms with van der Waals surface area (Å²) < 4.78 is 24.0. The van der Waals surface area contributed by atoms with Gasteiger partial charge in [-0.15, -0.1) is 0 Å². The van der Waals surface area contributed by atoms with Gasteiger partial charge in [0.2, 0.25) is 0 Å². The van der Waals surface area contributed by atoms with Gasteiger partial charge in [-0.2, -0.15) is 0 Å². The fourth-order valence-corrected chi connectivity index (χ4v) is 4.07. The lowest BCUT2D eigenvalue weighted by Gasteiger charge is -2.24. The first-order valence-corrected chi connectivity index (χ1v) is 12.9. The van der Waals surface area contributed by atoms with Crippen LogP contribution >= 0.6 is 0 Å². The first-order valence-electron chi connectivity index (χ1n) is 11.0. The summed E-state index contributed by atoms with van der Waals surface area (Å²) in [5, 5.41) is 20.5. The van der Waals surface area contributed by atoms with Gasteiger partial charge >= 0.3 is 0 Å². The topological polar surface area (TPSA) is 99.5 Å². The molecule has 0 saturated heterocycles. The molecule has 2 aromatic carbocycles. The van der Waals surface area contributed by atoms with Crippen molar-refractivity contribution in [3.05, 3.63) is 83.7 Å². The van der Waals surface area contributed by atoms with Crippen LogP contribution in [0.5, 0.6) is 0 Å². The molecule has 0 amide bonds. The number of allylic oxidation sites excluding steroid dienone is 2. The zero-order valence-electron chi connectivity index (χ0n) is 20.4. The van der Waals surface area contributed by atoms with Gasteiger partial charge in [-0.05, 0) is 86.7 Å². The molecule has 0 spiro atoms. The van der Waals surface area contributed by atoms with Crippen LogP contribution in [0.15, 0.2) is 72.6 Å². The molecule has 180 valence electrons. The number of sulfone groups is 1. The summed E-state index contributed by atoms with van der Waals surface area (Å²) in [6.45, 7) is 8.64. The summed E-state index contributed by atoms with van der Waals surface area (Å²) >= 11 is 0. The van der Waals surface area contributed by atoms with Gasteiger partial charge in [0.1, 0.15) is 0 Å². The highest BCUT2D eigenvalue weighted by Crippen LogP contribution is 2.37. The molecule has 0 aliphatic carbocycles. The predicted octanol–water partition coefficient (Wildman–Crippen LogP) is 5.22. The normalized spacial score (nSPS) is 13.9. The molecule has 0 atom stereocenters. The Bertz CT molecular complexity index is 1380. The molecule has 0 unspecified atom stereocenters. The lowest BCUT2D eigenvalue weighted by molar-refractivity contribution is 0.120. The molecule has 3 aromatic rings. The minimum Gasteiger partial charge on any atom is -0.386 e. The molecule has 3 rings (SSSR count). The molecule has 1 heterocycles. The van der Waals surface area contributed by atoms with E-state index < -0.39 is 20.2 Å². The minimum absolute atomic E-state index is 0.675. The fourth-order valence-electron chi connectivity index (χ4n) is 3.53. The Hall–Kier alpha value is -3.00. The van der Waals surface area contributed by atoms with Crippen LogP contribution in [0, 0.1) is 0 Å². The van der Waals surface area contributed by atoms with Gasteiger partial charge in [0.05, 0.1) is 15.9 Å². The molecule has 7 heteroatoms. The SMILES string of the molecule is C/C(=C\C(=C/NO)c1cccc(-c2cc(C(C)(C)S(C)(=O)=O)cc3cccnc23)c1)C(C)(C)O. The standard InChI is InChI=1S/C27H32N2O4S/c1-18(26(2,3)30)13-22(17-29-31)19-9-7-10-20(14-19)24-16-23(27(4,5)34(6,32)33)15-21-11-8-12-28-25(21)24/h7-17,29-31H,1-6H3/b18-13+,22-17+. The lowest BCUT2D eigenvalue weighted by atomic mass is 9.91. The van der Waals surface area contributed by atoms with Crippen molar-refractivity contribution in [3.63, 3.8) is 0 Å². The van der Waals surface area contributed by atoms with E-state index in [0.717, 1.165) is 33.2 Å². The van der Waals surface area contributed by atoms with Crippen molar-refractivity contribution in [1.82, 2.24) is 10.5 Å². The maximum atomic E-state index is 12.6. The number of hydrogen-bond donors (Lipinski definition) is 3. The molecule has 0 radical (unpaired) electrons. The number of hydroxylamine groups is 1. The second-order valence-corrected chi connectivity index (χ2v) is 12.1. The van der Waals surface area contributed by atoms with Crippen molar-refractivity contribution in [3.8, 4) is 11.1 Å². The van der Waals surface area contributed by atoms with E-state index in [1.807, 2.05) is 61.5 Å². The van der Waals surface area contributed by atoms with Crippen LogP contribution in [-0.2, 0) is 14.6 Å². The minimum atomic E-state index is -3.38. The smallest absolute Gasteiger partial charge is 0.156 e. The number of hydrogen-bond acceptors (Lipinski definition) is 6. The Morgan fingerprint density at radius 3 is 2.38 bits per heavy atom. The maximum absolute atomic E-state index is 12.6. The van der Waals surface area contributed by atoms with E-state index in [1.165, 1.54) is 12.5 Å². The summed E-state index contributed by atoms with van der Waals surface area (Å²) in [4.78, 5) is 4.57. The Morgan fingerprint density at radius 1 is 1.06 bits per heavy atom. The zero-order valence-corrected chi connectivity index (χ0v) is 21.2. The molecule has 0 saturated carbocycles. The fraction of sp³-hybridized carbons (Fsp3) is 0.296. The molecule has 0 fully saturated rings. The highest BCUT2D eigenvalue weighted by atomic mass is 32.2. The highest BCUT2D eigenvalue weighted by molar-refractivity contribution is 7.91. The molecule has 3 N–H and O–H groups in total. The first-order chi connectivity index (χ1) is 15.8. The van der Waals surface area contributed by atoms with Gasteiger partial charge in [-0.1, -0.05) is 30.3 Å². The molecular weight excluding hydrogens is 448 g/mol. The number of rotatable bonds is 7. The van der Waals surface area contributed by atoms with Crippen molar-refractivity contribution >= 4 is 26.3 Å². The molecule has 0 aliphatic rings. The summed E-state index contributed by atoms with van der Waals surface area (Å²) in [6.07, 6.45) is 6.22. The summed E-state index contributed by atoms with van der Waals surface area (Å²) in [7, 11) is -3.38. The lowest BCUT2D eigenvalue weighted by Crippen LogP contribution is -2.28. The Morgan fingerprint density at radius 2 is 1.76 bits per heavy atom. The van der Waals surface area contributed by atoms with E-state index in [2.05, 4.69) is 10.5 Å². The third-order valence-electron chi connectivity index (χ3n) is 6.39. The van der Waals surface area contributed by atoms with E-state index >= 15 is 0 Å². The average molecular weight is 481 g/mol. The van der Waals surface area contributed by atoms with Crippen LogP contribution in [0.25, 0.3) is 27.6 Å². The molecule has 0 aliphatic heterocycles. The number of nitrogens with zero attached hydrogens (tertiary/aromatic N) is 1. The van der Waals surface area contributed by atoms with Crippen molar-refractivity contribution < 1.29 is 18.7 Å². The van der Waals surface area contributed by atoms with E-state index in [1.54, 1.807) is 33.9 Å². The number of pyridine rings is 1. The van der Waals surface area contributed by atoms with Crippen molar-refractivity contribution in [1.29, 1.82) is 0 Å². The number of aromatic nitrogens is 1. The van der Waals surface area contributed by atoms with Crippen LogP contribution in [0.4, 0.5) is 0 Å².